The molecule has 4 N–H and O–H groups in total. The molecule has 1 saturated carbocycles. The zero-order valence-corrected chi connectivity index (χ0v) is 19.6. The van der Waals surface area contributed by atoms with Gasteiger partial charge in [0.1, 0.15) is 12.7 Å². The summed E-state index contributed by atoms with van der Waals surface area (Å²) in [6.07, 6.45) is -0.164. The van der Waals surface area contributed by atoms with Gasteiger partial charge in [-0.3, -0.25) is 0 Å². The summed E-state index contributed by atoms with van der Waals surface area (Å²) in [6, 6.07) is 11.7. The number of rotatable bonds is 9. The number of hydrogen-bond acceptors (Lipinski definition) is 7. The van der Waals surface area contributed by atoms with Gasteiger partial charge in [-0.1, -0.05) is 18.2 Å². The second kappa shape index (κ2) is 12.4. The van der Waals surface area contributed by atoms with Crippen LogP contribution in [0.1, 0.15) is 47.2 Å². The standard InChI is InChI=1S/C26H29F3N2O5/c27-26(28,29)16-35-21-8-10-22(11-9-21)36-25(33)19-4-1-17(2-5-19)3-12-24(32)34-14-13-18-6-7-20(30)15-23(18)31/h1-7,12,15,21-22H,8-11,13-14,16,30-31H2/b12-3+. The van der Waals surface area contributed by atoms with Gasteiger partial charge in [0.05, 0.1) is 18.3 Å². The minimum Gasteiger partial charge on any atom is -0.462 e. The van der Waals surface area contributed by atoms with Crippen LogP contribution in [-0.4, -0.2) is 43.5 Å². The molecule has 0 saturated heterocycles. The number of halogens is 3. The zero-order valence-electron chi connectivity index (χ0n) is 19.6. The molecule has 10 heteroatoms. The van der Waals surface area contributed by atoms with Gasteiger partial charge < -0.3 is 25.7 Å². The van der Waals surface area contributed by atoms with E-state index in [0.29, 0.717) is 54.6 Å². The Morgan fingerprint density at radius 1 is 0.972 bits per heavy atom. The molecule has 2 aromatic carbocycles. The molecule has 1 aliphatic carbocycles. The molecule has 0 spiro atoms. The van der Waals surface area contributed by atoms with Crippen LogP contribution in [0.25, 0.3) is 6.08 Å². The van der Waals surface area contributed by atoms with Gasteiger partial charge in [0.2, 0.25) is 0 Å². The maximum Gasteiger partial charge on any atom is 0.411 e. The molecule has 36 heavy (non-hydrogen) atoms. The molecule has 7 nitrogen and oxygen atoms in total. The smallest absolute Gasteiger partial charge is 0.411 e. The quantitative estimate of drug-likeness (QED) is 0.288. The molecule has 0 radical (unpaired) electrons. The fraction of sp³-hybridized carbons (Fsp3) is 0.385. The number of esters is 2. The van der Waals surface area contributed by atoms with Crippen LogP contribution in [-0.2, 0) is 25.4 Å². The van der Waals surface area contributed by atoms with Crippen LogP contribution in [0.3, 0.4) is 0 Å². The molecule has 0 heterocycles. The second-order valence-electron chi connectivity index (χ2n) is 8.56. The Kier molecular flexibility index (Phi) is 9.35. The Hall–Kier alpha value is -3.53. The molecule has 0 amide bonds. The van der Waals surface area contributed by atoms with Gasteiger partial charge in [-0.15, -0.1) is 0 Å². The van der Waals surface area contributed by atoms with Crippen LogP contribution in [0, 0.1) is 0 Å². The Morgan fingerprint density at radius 3 is 2.28 bits per heavy atom. The van der Waals surface area contributed by atoms with E-state index in [9.17, 15) is 22.8 Å². The third-order valence-corrected chi connectivity index (χ3v) is 5.72. The fourth-order valence-electron chi connectivity index (χ4n) is 3.79. The number of carbonyl (C=O) groups excluding carboxylic acids is 2. The fourth-order valence-corrected chi connectivity index (χ4v) is 3.79. The van der Waals surface area contributed by atoms with Crippen molar-refractivity contribution >= 4 is 29.4 Å². The number of alkyl halides is 3. The second-order valence-corrected chi connectivity index (χ2v) is 8.56. The van der Waals surface area contributed by atoms with E-state index in [4.69, 9.17) is 25.7 Å². The Labute approximate surface area is 207 Å². The van der Waals surface area contributed by atoms with Crippen LogP contribution in [0.15, 0.2) is 48.5 Å². The van der Waals surface area contributed by atoms with Gasteiger partial charge in [-0.05, 0) is 67.2 Å². The molecule has 0 atom stereocenters. The molecule has 3 rings (SSSR count). The molecule has 1 fully saturated rings. The summed E-state index contributed by atoms with van der Waals surface area (Å²) in [5.41, 5.74) is 14.5. The van der Waals surface area contributed by atoms with E-state index < -0.39 is 30.8 Å². The van der Waals surface area contributed by atoms with Crippen LogP contribution >= 0.6 is 0 Å². The van der Waals surface area contributed by atoms with Crippen molar-refractivity contribution in [3.63, 3.8) is 0 Å². The average Bonchev–Trinajstić information content (AvgIpc) is 2.83. The lowest BCUT2D eigenvalue weighted by molar-refractivity contribution is -0.189. The van der Waals surface area contributed by atoms with Crippen LogP contribution in [0.2, 0.25) is 0 Å². The number of hydrogen-bond donors (Lipinski definition) is 2. The molecular weight excluding hydrogens is 477 g/mol. The summed E-state index contributed by atoms with van der Waals surface area (Å²) < 4.78 is 52.3. The lowest BCUT2D eigenvalue weighted by Gasteiger charge is -2.28. The summed E-state index contributed by atoms with van der Waals surface area (Å²) in [5.74, 6) is -1.02. The van der Waals surface area contributed by atoms with Crippen molar-refractivity contribution < 1.29 is 37.0 Å². The largest absolute Gasteiger partial charge is 0.462 e. The number of nitrogen functional groups attached to an aromatic ring is 2. The third-order valence-electron chi connectivity index (χ3n) is 5.72. The van der Waals surface area contributed by atoms with Crippen LogP contribution < -0.4 is 11.5 Å². The molecule has 0 unspecified atom stereocenters. The van der Waals surface area contributed by atoms with E-state index in [-0.39, 0.29) is 12.7 Å². The van der Waals surface area contributed by atoms with Crippen molar-refractivity contribution in [3.05, 3.63) is 65.2 Å². The highest BCUT2D eigenvalue weighted by Gasteiger charge is 2.31. The van der Waals surface area contributed by atoms with E-state index in [1.807, 2.05) is 0 Å². The molecule has 1 aliphatic rings. The monoisotopic (exact) mass is 506 g/mol. The normalized spacial score (nSPS) is 18.2. The van der Waals surface area contributed by atoms with Crippen molar-refractivity contribution in [2.24, 2.45) is 0 Å². The Morgan fingerprint density at radius 2 is 1.64 bits per heavy atom. The van der Waals surface area contributed by atoms with Crippen molar-refractivity contribution in [1.82, 2.24) is 0 Å². The number of anilines is 2. The molecule has 0 aliphatic heterocycles. The van der Waals surface area contributed by atoms with E-state index in [0.717, 1.165) is 5.56 Å². The predicted octanol–water partition coefficient (Wildman–Crippen LogP) is 4.70. The maximum atomic E-state index is 12.4. The van der Waals surface area contributed by atoms with Crippen molar-refractivity contribution in [2.45, 2.75) is 50.5 Å². The predicted molar refractivity (Wildman–Crippen MR) is 129 cm³/mol. The van der Waals surface area contributed by atoms with E-state index in [1.54, 1.807) is 48.5 Å². The number of benzene rings is 2. The summed E-state index contributed by atoms with van der Waals surface area (Å²) in [4.78, 5) is 24.4. The van der Waals surface area contributed by atoms with Gasteiger partial charge in [0, 0.05) is 23.9 Å². The first-order valence-corrected chi connectivity index (χ1v) is 11.6. The van der Waals surface area contributed by atoms with E-state index in [2.05, 4.69) is 0 Å². The lowest BCUT2D eigenvalue weighted by atomic mass is 9.95. The first-order chi connectivity index (χ1) is 17.1. The summed E-state index contributed by atoms with van der Waals surface area (Å²) in [6.45, 7) is -1.10. The number of nitrogens with two attached hydrogens (primary N) is 2. The molecule has 194 valence electrons. The SMILES string of the molecule is Nc1ccc(CCOC(=O)/C=C/c2ccc(C(=O)OC3CCC(OCC(F)(F)F)CC3)cc2)c(N)c1. The van der Waals surface area contributed by atoms with E-state index >= 15 is 0 Å². The zero-order chi connectivity index (χ0) is 26.1. The van der Waals surface area contributed by atoms with Gasteiger partial charge >= 0.3 is 18.1 Å². The summed E-state index contributed by atoms with van der Waals surface area (Å²) in [7, 11) is 0. The van der Waals surface area contributed by atoms with Crippen LogP contribution in [0.5, 0.6) is 0 Å². The van der Waals surface area contributed by atoms with Gasteiger partial charge in [0.25, 0.3) is 0 Å². The number of ether oxygens (including phenoxy) is 3. The molecular formula is C26H29F3N2O5. The first kappa shape index (κ1) is 27.1. The van der Waals surface area contributed by atoms with Crippen molar-refractivity contribution in [1.29, 1.82) is 0 Å². The minimum absolute atomic E-state index is 0.165. The highest BCUT2D eigenvalue weighted by atomic mass is 19.4. The molecule has 2 aromatic rings. The molecule has 0 bridgehead atoms. The third kappa shape index (κ3) is 8.92. The van der Waals surface area contributed by atoms with Crippen molar-refractivity contribution in [3.8, 4) is 0 Å². The average molecular weight is 507 g/mol. The van der Waals surface area contributed by atoms with Gasteiger partial charge in [-0.25, -0.2) is 9.59 Å². The first-order valence-electron chi connectivity index (χ1n) is 11.6. The minimum atomic E-state index is -4.35. The summed E-state index contributed by atoms with van der Waals surface area (Å²) >= 11 is 0. The maximum absolute atomic E-state index is 12.4. The topological polar surface area (TPSA) is 114 Å². The summed E-state index contributed by atoms with van der Waals surface area (Å²) in [5, 5.41) is 0. The molecule has 0 aromatic heterocycles. The van der Waals surface area contributed by atoms with Gasteiger partial charge in [-0.2, -0.15) is 13.2 Å². The van der Waals surface area contributed by atoms with Crippen LogP contribution in [0.4, 0.5) is 24.5 Å². The Bertz CT molecular complexity index is 1060. The number of carbonyl (C=O) groups is 2. The Balaban J connectivity index is 1.39. The van der Waals surface area contributed by atoms with Gasteiger partial charge in [0.15, 0.2) is 0 Å². The highest BCUT2D eigenvalue weighted by molar-refractivity contribution is 5.90. The highest BCUT2D eigenvalue weighted by Crippen LogP contribution is 2.26. The lowest BCUT2D eigenvalue weighted by Crippen LogP contribution is -2.30. The van der Waals surface area contributed by atoms with Crippen molar-refractivity contribution in [2.75, 3.05) is 24.7 Å². The van der Waals surface area contributed by atoms with E-state index in [1.165, 1.54) is 6.08 Å².